The summed E-state index contributed by atoms with van der Waals surface area (Å²) in [6.45, 7) is 0.261. The van der Waals surface area contributed by atoms with E-state index < -0.39 is 0 Å². The van der Waals surface area contributed by atoms with E-state index >= 15 is 0 Å². The first-order valence-corrected chi connectivity index (χ1v) is 5.71. The molecule has 0 unspecified atom stereocenters. The van der Waals surface area contributed by atoms with Crippen molar-refractivity contribution >= 4 is 29.3 Å². The highest BCUT2D eigenvalue weighted by molar-refractivity contribution is 6.34. The molecule has 0 fully saturated rings. The summed E-state index contributed by atoms with van der Waals surface area (Å²) >= 11 is 11.7. The summed E-state index contributed by atoms with van der Waals surface area (Å²) in [6.07, 6.45) is 6.87. The summed E-state index contributed by atoms with van der Waals surface area (Å²) in [5.41, 5.74) is 1.01. The summed E-state index contributed by atoms with van der Waals surface area (Å²) < 4.78 is 0. The largest absolute Gasteiger partial charge is 0.396 e. The lowest BCUT2D eigenvalue weighted by Gasteiger charge is -1.97. The average molecular weight is 245 g/mol. The minimum absolute atomic E-state index is 0.261. The van der Waals surface area contributed by atoms with E-state index in [9.17, 15) is 0 Å². The molecule has 0 spiro atoms. The Balaban J connectivity index is 2.49. The van der Waals surface area contributed by atoms with E-state index in [1.165, 1.54) is 0 Å². The molecule has 1 N–H and O–H groups in total. The lowest BCUT2D eigenvalue weighted by Crippen LogP contribution is -1.80. The van der Waals surface area contributed by atoms with Crippen LogP contribution in [-0.4, -0.2) is 11.7 Å². The number of benzene rings is 1. The quantitative estimate of drug-likeness (QED) is 0.772. The van der Waals surface area contributed by atoms with Crippen LogP contribution in [0, 0.1) is 0 Å². The Kier molecular flexibility index (Phi) is 5.77. The van der Waals surface area contributed by atoms with Gasteiger partial charge in [0.05, 0.1) is 0 Å². The number of aliphatic hydroxyl groups excluding tert-OH is 1. The van der Waals surface area contributed by atoms with Crippen LogP contribution in [0.4, 0.5) is 0 Å². The molecule has 1 nitrogen and oxygen atoms in total. The van der Waals surface area contributed by atoms with Crippen LogP contribution in [0.5, 0.6) is 0 Å². The summed E-state index contributed by atoms with van der Waals surface area (Å²) in [6, 6.07) is 5.46. The van der Waals surface area contributed by atoms with Crippen LogP contribution in [0.1, 0.15) is 24.8 Å². The molecule has 82 valence electrons. The third-order valence-corrected chi connectivity index (χ3v) is 2.41. The predicted molar refractivity (Wildman–Crippen MR) is 66.4 cm³/mol. The SMILES string of the molecule is OCCCC/C=C/c1cc(Cl)cc(Cl)c1. The maximum Gasteiger partial charge on any atom is 0.0431 e. The van der Waals surface area contributed by atoms with Crippen molar-refractivity contribution in [2.24, 2.45) is 0 Å². The smallest absolute Gasteiger partial charge is 0.0431 e. The first-order chi connectivity index (χ1) is 7.22. The van der Waals surface area contributed by atoms with Gasteiger partial charge in [0, 0.05) is 16.7 Å². The molecular weight excluding hydrogens is 231 g/mol. The first-order valence-electron chi connectivity index (χ1n) is 4.96. The maximum atomic E-state index is 8.60. The van der Waals surface area contributed by atoms with E-state index in [4.69, 9.17) is 28.3 Å². The van der Waals surface area contributed by atoms with Crippen molar-refractivity contribution in [3.8, 4) is 0 Å². The van der Waals surface area contributed by atoms with E-state index in [1.54, 1.807) is 6.07 Å². The number of aliphatic hydroxyl groups is 1. The topological polar surface area (TPSA) is 20.2 Å². The van der Waals surface area contributed by atoms with Crippen molar-refractivity contribution in [3.63, 3.8) is 0 Å². The Morgan fingerprint density at radius 3 is 2.33 bits per heavy atom. The molecule has 1 aromatic carbocycles. The fourth-order valence-corrected chi connectivity index (χ4v) is 1.81. The summed E-state index contributed by atoms with van der Waals surface area (Å²) in [4.78, 5) is 0. The van der Waals surface area contributed by atoms with E-state index in [0.717, 1.165) is 24.8 Å². The number of halogens is 2. The maximum absolute atomic E-state index is 8.60. The molecule has 0 radical (unpaired) electrons. The zero-order chi connectivity index (χ0) is 11.1. The fraction of sp³-hybridized carbons (Fsp3) is 0.333. The van der Waals surface area contributed by atoms with Gasteiger partial charge in [-0.2, -0.15) is 0 Å². The van der Waals surface area contributed by atoms with Gasteiger partial charge in [0.15, 0.2) is 0 Å². The fourth-order valence-electron chi connectivity index (χ4n) is 1.26. The van der Waals surface area contributed by atoms with E-state index in [2.05, 4.69) is 6.08 Å². The number of hydrogen-bond acceptors (Lipinski definition) is 1. The zero-order valence-corrected chi connectivity index (χ0v) is 9.93. The second-order valence-corrected chi connectivity index (χ2v) is 4.20. The minimum atomic E-state index is 0.261. The second kappa shape index (κ2) is 6.89. The molecule has 1 aromatic rings. The Morgan fingerprint density at radius 1 is 1.07 bits per heavy atom. The Labute approximate surface area is 100 Å². The summed E-state index contributed by atoms with van der Waals surface area (Å²) in [5, 5.41) is 9.90. The number of rotatable bonds is 5. The van der Waals surface area contributed by atoms with Gasteiger partial charge in [0.25, 0.3) is 0 Å². The van der Waals surface area contributed by atoms with Gasteiger partial charge in [0.2, 0.25) is 0 Å². The lowest BCUT2D eigenvalue weighted by molar-refractivity contribution is 0.285. The molecule has 0 saturated heterocycles. The average Bonchev–Trinajstić information content (AvgIpc) is 2.16. The molecule has 0 bridgehead atoms. The molecule has 0 aromatic heterocycles. The molecule has 0 aliphatic carbocycles. The molecule has 0 atom stereocenters. The molecule has 0 amide bonds. The molecule has 0 saturated carbocycles. The van der Waals surface area contributed by atoms with Crippen molar-refractivity contribution in [2.45, 2.75) is 19.3 Å². The summed E-state index contributed by atoms with van der Waals surface area (Å²) in [7, 11) is 0. The van der Waals surface area contributed by atoms with Gasteiger partial charge in [0.1, 0.15) is 0 Å². The predicted octanol–water partition coefficient (Wildman–Crippen LogP) is 4.17. The van der Waals surface area contributed by atoms with Crippen LogP contribution in [0.15, 0.2) is 24.3 Å². The summed E-state index contributed by atoms with van der Waals surface area (Å²) in [5.74, 6) is 0. The van der Waals surface area contributed by atoms with Gasteiger partial charge in [-0.05, 0) is 43.0 Å². The minimum Gasteiger partial charge on any atom is -0.396 e. The molecule has 1 rings (SSSR count). The van der Waals surface area contributed by atoms with Gasteiger partial charge in [-0.25, -0.2) is 0 Å². The van der Waals surface area contributed by atoms with E-state index in [1.807, 2.05) is 18.2 Å². The van der Waals surface area contributed by atoms with Gasteiger partial charge in [-0.15, -0.1) is 0 Å². The highest BCUT2D eigenvalue weighted by atomic mass is 35.5. The molecule has 3 heteroatoms. The zero-order valence-electron chi connectivity index (χ0n) is 8.42. The van der Waals surface area contributed by atoms with Crippen LogP contribution in [0.3, 0.4) is 0 Å². The third kappa shape index (κ3) is 5.22. The standard InChI is InChI=1S/C12H14Cl2O/c13-11-7-10(8-12(14)9-11)5-3-1-2-4-6-15/h3,5,7-9,15H,1-2,4,6H2/b5-3+. The number of allylic oxidation sites excluding steroid dienone is 1. The first kappa shape index (κ1) is 12.6. The van der Waals surface area contributed by atoms with E-state index in [-0.39, 0.29) is 6.61 Å². The molecule has 0 aliphatic rings. The third-order valence-electron chi connectivity index (χ3n) is 1.97. The Hall–Kier alpha value is -0.500. The highest BCUT2D eigenvalue weighted by Gasteiger charge is 1.94. The van der Waals surface area contributed by atoms with Crippen molar-refractivity contribution in [1.29, 1.82) is 0 Å². The van der Waals surface area contributed by atoms with Crippen LogP contribution in [0.2, 0.25) is 10.0 Å². The Morgan fingerprint density at radius 2 is 1.73 bits per heavy atom. The molecule has 0 aliphatic heterocycles. The monoisotopic (exact) mass is 244 g/mol. The van der Waals surface area contributed by atoms with Gasteiger partial charge >= 0.3 is 0 Å². The Bertz CT molecular complexity index is 314. The highest BCUT2D eigenvalue weighted by Crippen LogP contribution is 2.20. The number of hydrogen-bond donors (Lipinski definition) is 1. The van der Waals surface area contributed by atoms with Gasteiger partial charge in [-0.3, -0.25) is 0 Å². The van der Waals surface area contributed by atoms with E-state index in [0.29, 0.717) is 10.0 Å². The van der Waals surface area contributed by atoms with Crippen molar-refractivity contribution in [2.75, 3.05) is 6.61 Å². The van der Waals surface area contributed by atoms with Crippen molar-refractivity contribution < 1.29 is 5.11 Å². The van der Waals surface area contributed by atoms with Crippen LogP contribution in [-0.2, 0) is 0 Å². The van der Waals surface area contributed by atoms with Gasteiger partial charge < -0.3 is 5.11 Å². The van der Waals surface area contributed by atoms with Crippen LogP contribution >= 0.6 is 23.2 Å². The molecule has 15 heavy (non-hydrogen) atoms. The van der Waals surface area contributed by atoms with Crippen LogP contribution < -0.4 is 0 Å². The van der Waals surface area contributed by atoms with Gasteiger partial charge in [-0.1, -0.05) is 35.4 Å². The normalized spacial score (nSPS) is 11.1. The number of unbranched alkanes of at least 4 members (excludes halogenated alkanes) is 2. The second-order valence-electron chi connectivity index (χ2n) is 3.32. The molecule has 0 heterocycles. The molecular formula is C12H14Cl2O. The van der Waals surface area contributed by atoms with Crippen molar-refractivity contribution in [1.82, 2.24) is 0 Å². The lowest BCUT2D eigenvalue weighted by atomic mass is 10.1. The van der Waals surface area contributed by atoms with Crippen LogP contribution in [0.25, 0.3) is 6.08 Å². The van der Waals surface area contributed by atoms with Crippen molar-refractivity contribution in [3.05, 3.63) is 39.9 Å².